The van der Waals surface area contributed by atoms with E-state index in [1.807, 2.05) is 70.3 Å². The van der Waals surface area contributed by atoms with Gasteiger partial charge in [-0.2, -0.15) is 0 Å². The summed E-state index contributed by atoms with van der Waals surface area (Å²) in [6, 6.07) is 12.3. The number of nitrogens with two attached hydrogens (primary N) is 1. The van der Waals surface area contributed by atoms with E-state index in [0.717, 1.165) is 36.1 Å². The first-order valence-corrected chi connectivity index (χ1v) is 22.1. The Labute approximate surface area is 323 Å². The van der Waals surface area contributed by atoms with Crippen molar-refractivity contribution in [2.24, 2.45) is 17.6 Å². The monoisotopic (exact) mass is 771 g/mol. The van der Waals surface area contributed by atoms with Gasteiger partial charge in [0.05, 0.1) is 11.6 Å². The Morgan fingerprint density at radius 2 is 1.78 bits per heavy atom. The smallest absolute Gasteiger partial charge is 0.507 e. The zero-order chi connectivity index (χ0) is 39.8. The van der Waals surface area contributed by atoms with E-state index >= 15 is 9.59 Å². The lowest BCUT2D eigenvalue weighted by Gasteiger charge is -2.53. The predicted octanol–water partition coefficient (Wildman–Crippen LogP) is 8.02. The molecule has 294 valence electrons. The van der Waals surface area contributed by atoms with Gasteiger partial charge in [-0.25, -0.2) is 4.79 Å². The lowest BCUT2D eigenvalue weighted by molar-refractivity contribution is -0.138. The van der Waals surface area contributed by atoms with E-state index in [4.69, 9.17) is 28.9 Å². The Hall–Kier alpha value is -4.30. The number of hydrogen-bond donors (Lipinski definition) is 2. The summed E-state index contributed by atoms with van der Waals surface area (Å²) in [4.78, 5) is 46.2. The van der Waals surface area contributed by atoms with E-state index in [0.29, 0.717) is 6.42 Å². The summed E-state index contributed by atoms with van der Waals surface area (Å²) < 4.78 is 30.3. The molecule has 13 heteroatoms. The molecular formula is C42H53N3O9Si. The summed E-state index contributed by atoms with van der Waals surface area (Å²) in [7, 11) is -0.876. The van der Waals surface area contributed by atoms with E-state index in [2.05, 4.69) is 17.1 Å². The van der Waals surface area contributed by atoms with Crippen LogP contribution in [0.1, 0.15) is 111 Å². The highest BCUT2D eigenvalue weighted by Crippen LogP contribution is 2.58. The highest BCUT2D eigenvalue weighted by atomic mass is 28.4. The van der Waals surface area contributed by atoms with Crippen LogP contribution in [0.2, 0.25) is 18.1 Å². The van der Waals surface area contributed by atoms with Gasteiger partial charge in [-0.1, -0.05) is 57.2 Å². The van der Waals surface area contributed by atoms with Gasteiger partial charge in [0.25, 0.3) is 5.88 Å². The van der Waals surface area contributed by atoms with Crippen molar-refractivity contribution in [3.63, 3.8) is 0 Å². The SMILES string of the molecule is CN1CCCC1c1cc2c(c(OC(=O)OC(C)(C)C)c1)C(O)=C1C(=O)C3(O[Si](C)(C)C(C)(C)C)C(=O)c4c(OCc5ccccc5)noc4[C@@H](N)[C@@H]3C[C@@H]1C2. The second-order valence-corrected chi connectivity index (χ2v) is 22.8. The Kier molecular flexibility index (Phi) is 9.71. The first-order chi connectivity index (χ1) is 25.7. The van der Waals surface area contributed by atoms with Crippen LogP contribution in [0.3, 0.4) is 0 Å². The molecule has 0 radical (unpaired) electrons. The van der Waals surface area contributed by atoms with Crippen molar-refractivity contribution in [2.45, 2.75) is 115 Å². The van der Waals surface area contributed by atoms with Gasteiger partial charge < -0.3 is 34.0 Å². The number of carbonyl (C=O) groups excluding carboxylic acids is 3. The standard InChI is InChI=1S/C42H53N3O9Si/c1-40(2,3)52-39(49)51-29-21-24(28-16-13-17-45(28)7)18-25-19-26-20-27-33(43)35-32(38(44-53-35)50-22-23-14-11-10-12-15-23)37(48)42(27,54-55(8,9)41(4,5)6)36(47)31(26)34(46)30(25)29/h10-12,14-15,18,21,26-28,33,46H,13,16-17,19-20,22,43H2,1-9H3/t26-,27-,28?,33-,42?/m0/s1. The fourth-order valence-corrected chi connectivity index (χ4v) is 9.88. The predicted molar refractivity (Wildman–Crippen MR) is 207 cm³/mol. The fraction of sp³-hybridized carbons (Fsp3) is 0.524. The highest BCUT2D eigenvalue weighted by Gasteiger charge is 2.68. The number of aliphatic hydroxyl groups excluding tert-OH is 1. The zero-order valence-electron chi connectivity index (χ0n) is 33.3. The van der Waals surface area contributed by atoms with Crippen LogP contribution in [0.15, 0.2) is 52.6 Å². The quantitative estimate of drug-likeness (QED) is 0.103. The molecule has 12 nitrogen and oxygen atoms in total. The van der Waals surface area contributed by atoms with Crippen molar-refractivity contribution < 1.29 is 42.6 Å². The molecule has 1 aliphatic heterocycles. The molecule has 2 aromatic carbocycles. The topological polar surface area (TPSA) is 164 Å². The van der Waals surface area contributed by atoms with Crippen molar-refractivity contribution >= 4 is 31.8 Å². The molecule has 1 aromatic heterocycles. The average Bonchev–Trinajstić information content (AvgIpc) is 3.72. The van der Waals surface area contributed by atoms with Crippen molar-refractivity contribution in [1.29, 1.82) is 0 Å². The molecule has 4 aliphatic rings. The highest BCUT2D eigenvalue weighted by molar-refractivity contribution is 6.74. The molecule has 1 saturated heterocycles. The van der Waals surface area contributed by atoms with Crippen LogP contribution in [0.4, 0.5) is 4.79 Å². The first-order valence-electron chi connectivity index (χ1n) is 19.2. The molecule has 5 atom stereocenters. The summed E-state index contributed by atoms with van der Waals surface area (Å²) >= 11 is 0. The number of ether oxygens (including phenoxy) is 3. The third kappa shape index (κ3) is 6.72. The van der Waals surface area contributed by atoms with Crippen molar-refractivity contribution in [2.75, 3.05) is 13.6 Å². The number of Topliss-reactive ketones (excluding diaryl/α,β-unsaturated/α-hetero) is 2. The number of hydrogen-bond acceptors (Lipinski definition) is 12. The van der Waals surface area contributed by atoms with Gasteiger partial charge in [0.2, 0.25) is 11.6 Å². The maximum Gasteiger partial charge on any atom is 0.514 e. The van der Waals surface area contributed by atoms with E-state index in [1.165, 1.54) is 0 Å². The third-order valence-electron chi connectivity index (χ3n) is 12.1. The molecule has 1 saturated carbocycles. The molecule has 7 rings (SSSR count). The van der Waals surface area contributed by atoms with Crippen molar-refractivity contribution in [1.82, 2.24) is 10.1 Å². The van der Waals surface area contributed by atoms with E-state index < -0.39 is 60.2 Å². The molecule has 0 spiro atoms. The molecule has 0 bridgehead atoms. The van der Waals surface area contributed by atoms with Gasteiger partial charge >= 0.3 is 6.16 Å². The maximum atomic E-state index is 15.5. The summed E-state index contributed by atoms with van der Waals surface area (Å²) in [5.41, 5.74) is 6.85. The van der Waals surface area contributed by atoms with Gasteiger partial charge in [0.15, 0.2) is 19.7 Å². The van der Waals surface area contributed by atoms with Crippen LogP contribution < -0.4 is 15.2 Å². The number of carbonyl (C=O) groups is 3. The van der Waals surface area contributed by atoms with Crippen LogP contribution in [-0.4, -0.2) is 66.0 Å². The summed E-state index contributed by atoms with van der Waals surface area (Å²) in [6.45, 7) is 16.3. The number of benzene rings is 2. The Morgan fingerprint density at radius 1 is 1.07 bits per heavy atom. The van der Waals surface area contributed by atoms with Crippen LogP contribution in [-0.2, 0) is 27.0 Å². The second-order valence-electron chi connectivity index (χ2n) is 18.0. The molecule has 55 heavy (non-hydrogen) atoms. The number of ketones is 2. The van der Waals surface area contributed by atoms with Crippen LogP contribution >= 0.6 is 0 Å². The Bertz CT molecular complexity index is 2060. The van der Waals surface area contributed by atoms with Crippen molar-refractivity contribution in [3.05, 3.63) is 81.6 Å². The molecule has 2 fully saturated rings. The minimum atomic E-state index is -2.93. The fourth-order valence-electron chi connectivity index (χ4n) is 8.43. The first kappa shape index (κ1) is 39.0. The minimum absolute atomic E-state index is 0.0271. The van der Waals surface area contributed by atoms with E-state index in [1.54, 1.807) is 26.8 Å². The van der Waals surface area contributed by atoms with Crippen LogP contribution in [0.25, 0.3) is 5.76 Å². The van der Waals surface area contributed by atoms with Crippen LogP contribution in [0.5, 0.6) is 11.6 Å². The van der Waals surface area contributed by atoms with Gasteiger partial charge in [-0.05, 0) is 112 Å². The van der Waals surface area contributed by atoms with Crippen LogP contribution in [0, 0.1) is 11.8 Å². The molecule has 2 heterocycles. The normalized spacial score (nSPS) is 25.6. The number of aromatic nitrogens is 1. The van der Waals surface area contributed by atoms with Gasteiger partial charge in [-0.3, -0.25) is 14.5 Å². The largest absolute Gasteiger partial charge is 0.514 e. The number of aliphatic hydroxyl groups is 1. The van der Waals surface area contributed by atoms with Crippen molar-refractivity contribution in [3.8, 4) is 11.6 Å². The lowest BCUT2D eigenvalue weighted by Crippen LogP contribution is -2.68. The minimum Gasteiger partial charge on any atom is -0.507 e. The Morgan fingerprint density at radius 3 is 2.42 bits per heavy atom. The van der Waals surface area contributed by atoms with E-state index in [-0.39, 0.29) is 58.9 Å². The summed E-state index contributed by atoms with van der Waals surface area (Å²) in [5, 5.41) is 16.1. The molecule has 3 aliphatic carbocycles. The second kappa shape index (κ2) is 13.7. The molecule has 0 amide bonds. The number of likely N-dealkylation sites (tertiary alicyclic amines) is 1. The van der Waals surface area contributed by atoms with Gasteiger partial charge in [0, 0.05) is 17.5 Å². The molecular weight excluding hydrogens is 719 g/mol. The Balaban J connectivity index is 1.38. The van der Waals surface area contributed by atoms with Gasteiger partial charge in [0.1, 0.15) is 29.3 Å². The van der Waals surface area contributed by atoms with Gasteiger partial charge in [-0.15, -0.1) is 0 Å². The molecule has 2 unspecified atom stereocenters. The zero-order valence-corrected chi connectivity index (χ0v) is 34.3. The average molecular weight is 772 g/mol. The summed E-state index contributed by atoms with van der Waals surface area (Å²) in [6.07, 6.45) is 1.56. The molecule has 3 N–H and O–H groups in total. The maximum absolute atomic E-state index is 15.5. The lowest BCUT2D eigenvalue weighted by atomic mass is 9.57. The number of nitrogens with zero attached hydrogens (tertiary/aromatic N) is 2. The molecule has 3 aromatic rings. The third-order valence-corrected chi connectivity index (χ3v) is 16.6. The number of rotatable bonds is 7. The number of fused-ring (bicyclic) bond motifs is 4. The van der Waals surface area contributed by atoms with E-state index in [9.17, 15) is 9.90 Å². The summed E-state index contributed by atoms with van der Waals surface area (Å²) in [5.74, 6) is -2.87.